The summed E-state index contributed by atoms with van der Waals surface area (Å²) >= 11 is 0. The molecule has 3 heterocycles. The minimum absolute atomic E-state index is 0.373. The largest absolute Gasteiger partial charge is 0.496 e. The van der Waals surface area contributed by atoms with Crippen LogP contribution < -0.4 is 15.0 Å². The molecule has 0 saturated carbocycles. The second-order valence-electron chi connectivity index (χ2n) is 8.17. The van der Waals surface area contributed by atoms with Gasteiger partial charge in [0.15, 0.2) is 0 Å². The van der Waals surface area contributed by atoms with E-state index in [-0.39, 0.29) is 0 Å². The third-order valence-electron chi connectivity index (χ3n) is 6.00. The molecule has 1 N–H and O–H groups in total. The van der Waals surface area contributed by atoms with E-state index in [4.69, 9.17) is 9.72 Å². The standard InChI is InChI=1S/C23H33N5O/c1-29-21-11-5-4-9-19(21)17-27-14-8-10-20(18-27)25-23-24-13-12-22(26-23)28-15-6-2-3-7-16-28/h4-5,9,11-13,20H,2-3,6-8,10,14-18H2,1H3,(H,24,25,26). The second-order valence-corrected chi connectivity index (χ2v) is 8.17. The summed E-state index contributed by atoms with van der Waals surface area (Å²) in [6.07, 6.45) is 9.40. The molecule has 1 unspecified atom stereocenters. The van der Waals surface area contributed by atoms with E-state index in [1.54, 1.807) is 7.11 Å². The zero-order valence-electron chi connectivity index (χ0n) is 17.5. The predicted molar refractivity (Wildman–Crippen MR) is 118 cm³/mol. The third-order valence-corrected chi connectivity index (χ3v) is 6.00. The Hall–Kier alpha value is -2.34. The Bertz CT molecular complexity index is 775. The number of anilines is 2. The molecule has 1 aromatic heterocycles. The lowest BCUT2D eigenvalue weighted by Gasteiger charge is -2.33. The van der Waals surface area contributed by atoms with E-state index in [1.165, 1.54) is 37.7 Å². The van der Waals surface area contributed by atoms with E-state index in [9.17, 15) is 0 Å². The first-order chi connectivity index (χ1) is 14.3. The molecule has 2 fully saturated rings. The Morgan fingerprint density at radius 3 is 2.69 bits per heavy atom. The molecule has 1 atom stereocenters. The number of aromatic nitrogens is 2. The number of piperidine rings is 1. The van der Waals surface area contributed by atoms with Crippen LogP contribution in [0, 0.1) is 0 Å². The molecule has 29 heavy (non-hydrogen) atoms. The normalized spacial score (nSPS) is 20.9. The number of rotatable bonds is 6. The van der Waals surface area contributed by atoms with E-state index in [1.807, 2.05) is 24.4 Å². The van der Waals surface area contributed by atoms with Crippen LogP contribution in [0.4, 0.5) is 11.8 Å². The number of hydrogen-bond donors (Lipinski definition) is 1. The van der Waals surface area contributed by atoms with Crippen LogP contribution in [0.1, 0.15) is 44.1 Å². The smallest absolute Gasteiger partial charge is 0.224 e. The van der Waals surface area contributed by atoms with Gasteiger partial charge >= 0.3 is 0 Å². The maximum atomic E-state index is 5.52. The number of likely N-dealkylation sites (tertiary alicyclic amines) is 1. The summed E-state index contributed by atoms with van der Waals surface area (Å²) in [6, 6.07) is 10.7. The quantitative estimate of drug-likeness (QED) is 0.799. The summed E-state index contributed by atoms with van der Waals surface area (Å²) in [5.41, 5.74) is 1.25. The first-order valence-corrected chi connectivity index (χ1v) is 11.0. The lowest BCUT2D eigenvalue weighted by atomic mass is 10.0. The Morgan fingerprint density at radius 1 is 1.03 bits per heavy atom. The van der Waals surface area contributed by atoms with Crippen LogP contribution in [0.5, 0.6) is 5.75 Å². The SMILES string of the molecule is COc1ccccc1CN1CCCC(Nc2nccc(N3CCCCCC3)n2)C1. The number of methoxy groups -OCH3 is 1. The summed E-state index contributed by atoms with van der Waals surface area (Å²) in [5.74, 6) is 2.79. The number of benzene rings is 1. The van der Waals surface area contributed by atoms with Gasteiger partial charge in [0.2, 0.25) is 5.95 Å². The van der Waals surface area contributed by atoms with Gasteiger partial charge in [-0.1, -0.05) is 31.0 Å². The van der Waals surface area contributed by atoms with Gasteiger partial charge in [-0.2, -0.15) is 4.98 Å². The fraction of sp³-hybridized carbons (Fsp3) is 0.565. The molecular weight excluding hydrogens is 362 g/mol. The van der Waals surface area contributed by atoms with Gasteiger partial charge in [0.05, 0.1) is 7.11 Å². The van der Waals surface area contributed by atoms with Crippen molar-refractivity contribution in [3.63, 3.8) is 0 Å². The van der Waals surface area contributed by atoms with Crippen molar-refractivity contribution in [1.82, 2.24) is 14.9 Å². The number of nitrogens with one attached hydrogen (secondary N) is 1. The number of nitrogens with zero attached hydrogens (tertiary/aromatic N) is 4. The zero-order valence-corrected chi connectivity index (χ0v) is 17.5. The highest BCUT2D eigenvalue weighted by atomic mass is 16.5. The average Bonchev–Trinajstić information content (AvgIpc) is 3.04. The monoisotopic (exact) mass is 395 g/mol. The van der Waals surface area contributed by atoms with Crippen LogP contribution in [-0.4, -0.2) is 54.2 Å². The number of para-hydroxylation sites is 1. The van der Waals surface area contributed by atoms with Crippen molar-refractivity contribution in [3.05, 3.63) is 42.1 Å². The molecular formula is C23H33N5O. The third kappa shape index (κ3) is 5.38. The molecule has 6 heteroatoms. The minimum atomic E-state index is 0.373. The van der Waals surface area contributed by atoms with Gasteiger partial charge in [-0.25, -0.2) is 4.98 Å². The minimum Gasteiger partial charge on any atom is -0.496 e. The molecule has 0 aliphatic carbocycles. The van der Waals surface area contributed by atoms with Crippen LogP contribution in [0.15, 0.2) is 36.5 Å². The van der Waals surface area contributed by atoms with Crippen LogP contribution >= 0.6 is 0 Å². The van der Waals surface area contributed by atoms with Crippen molar-refractivity contribution >= 4 is 11.8 Å². The molecule has 1 aromatic carbocycles. The van der Waals surface area contributed by atoms with Crippen molar-refractivity contribution in [3.8, 4) is 5.75 Å². The van der Waals surface area contributed by atoms with Crippen LogP contribution in [-0.2, 0) is 6.54 Å². The Labute approximate surface area is 174 Å². The molecule has 0 amide bonds. The zero-order chi connectivity index (χ0) is 19.9. The fourth-order valence-corrected chi connectivity index (χ4v) is 4.47. The van der Waals surface area contributed by atoms with Gasteiger partial charge < -0.3 is 15.0 Å². The molecule has 0 bridgehead atoms. The Kier molecular flexibility index (Phi) is 6.83. The summed E-state index contributed by atoms with van der Waals surface area (Å²) < 4.78 is 5.52. The molecule has 0 radical (unpaired) electrons. The maximum absolute atomic E-state index is 5.52. The first-order valence-electron chi connectivity index (χ1n) is 11.0. The molecule has 4 rings (SSSR count). The van der Waals surface area contributed by atoms with Crippen molar-refractivity contribution in [2.45, 2.75) is 51.1 Å². The van der Waals surface area contributed by atoms with Crippen molar-refractivity contribution in [1.29, 1.82) is 0 Å². The highest BCUT2D eigenvalue weighted by Gasteiger charge is 2.22. The summed E-state index contributed by atoms with van der Waals surface area (Å²) in [6.45, 7) is 5.23. The van der Waals surface area contributed by atoms with Crippen LogP contribution in [0.3, 0.4) is 0 Å². The molecule has 2 aliphatic heterocycles. The average molecular weight is 396 g/mol. The van der Waals surface area contributed by atoms with Crippen LogP contribution in [0.25, 0.3) is 0 Å². The lowest BCUT2D eigenvalue weighted by molar-refractivity contribution is 0.206. The van der Waals surface area contributed by atoms with Crippen molar-refractivity contribution in [2.24, 2.45) is 0 Å². The Balaban J connectivity index is 1.37. The van der Waals surface area contributed by atoms with Crippen molar-refractivity contribution < 1.29 is 4.74 Å². The van der Waals surface area contributed by atoms with Gasteiger partial charge in [0, 0.05) is 44.0 Å². The predicted octanol–water partition coefficient (Wildman–Crippen LogP) is 3.94. The topological polar surface area (TPSA) is 53.5 Å². The number of hydrogen-bond acceptors (Lipinski definition) is 6. The fourth-order valence-electron chi connectivity index (χ4n) is 4.47. The van der Waals surface area contributed by atoms with E-state index in [2.05, 4.69) is 32.2 Å². The Morgan fingerprint density at radius 2 is 1.86 bits per heavy atom. The first kappa shape index (κ1) is 20.0. The van der Waals surface area contributed by atoms with Gasteiger partial charge in [0.1, 0.15) is 11.6 Å². The highest BCUT2D eigenvalue weighted by molar-refractivity contribution is 5.43. The molecule has 0 spiro atoms. The van der Waals surface area contributed by atoms with E-state index >= 15 is 0 Å². The molecule has 2 aromatic rings. The highest BCUT2D eigenvalue weighted by Crippen LogP contribution is 2.23. The molecule has 2 aliphatic rings. The second kappa shape index (κ2) is 9.92. The number of ether oxygens (including phenoxy) is 1. The van der Waals surface area contributed by atoms with Gasteiger partial charge in [-0.3, -0.25) is 4.90 Å². The summed E-state index contributed by atoms with van der Waals surface area (Å²) in [7, 11) is 1.74. The van der Waals surface area contributed by atoms with E-state index < -0.39 is 0 Å². The molecule has 2 saturated heterocycles. The van der Waals surface area contributed by atoms with E-state index in [0.717, 1.165) is 56.7 Å². The molecule has 6 nitrogen and oxygen atoms in total. The van der Waals surface area contributed by atoms with Gasteiger partial charge in [-0.05, 0) is 44.4 Å². The van der Waals surface area contributed by atoms with E-state index in [0.29, 0.717) is 6.04 Å². The lowest BCUT2D eigenvalue weighted by Crippen LogP contribution is -2.42. The van der Waals surface area contributed by atoms with Gasteiger partial charge in [0.25, 0.3) is 0 Å². The van der Waals surface area contributed by atoms with Crippen LogP contribution in [0.2, 0.25) is 0 Å². The molecule has 156 valence electrons. The maximum Gasteiger partial charge on any atom is 0.224 e. The summed E-state index contributed by atoms with van der Waals surface area (Å²) in [5, 5.41) is 3.60. The van der Waals surface area contributed by atoms with Gasteiger partial charge in [-0.15, -0.1) is 0 Å². The van der Waals surface area contributed by atoms with Crippen molar-refractivity contribution in [2.75, 3.05) is 43.5 Å². The summed E-state index contributed by atoms with van der Waals surface area (Å²) in [4.78, 5) is 14.2.